The molecule has 138 valence electrons. The van der Waals surface area contributed by atoms with Crippen molar-refractivity contribution in [2.75, 3.05) is 31.1 Å². The van der Waals surface area contributed by atoms with Gasteiger partial charge in [0.15, 0.2) is 5.65 Å². The van der Waals surface area contributed by atoms with Crippen LogP contribution in [0.4, 0.5) is 5.82 Å². The first-order chi connectivity index (χ1) is 13.2. The number of halogens is 1. The van der Waals surface area contributed by atoms with Gasteiger partial charge in [0.25, 0.3) is 0 Å². The average molecular weight is 383 g/mol. The lowest BCUT2D eigenvalue weighted by Crippen LogP contribution is -2.34. The van der Waals surface area contributed by atoms with Gasteiger partial charge in [0.2, 0.25) is 5.91 Å². The Kier molecular flexibility index (Phi) is 3.97. The summed E-state index contributed by atoms with van der Waals surface area (Å²) >= 11 is 6.20. The van der Waals surface area contributed by atoms with Crippen LogP contribution in [0.3, 0.4) is 0 Å². The van der Waals surface area contributed by atoms with Crippen molar-refractivity contribution in [2.24, 2.45) is 11.8 Å². The van der Waals surface area contributed by atoms with Gasteiger partial charge in [0, 0.05) is 43.0 Å². The maximum Gasteiger partial charge on any atom is 0.227 e. The lowest BCUT2D eigenvalue weighted by molar-refractivity contribution is -0.129. The van der Waals surface area contributed by atoms with E-state index in [0.29, 0.717) is 23.3 Å². The van der Waals surface area contributed by atoms with Crippen molar-refractivity contribution >= 4 is 29.0 Å². The van der Waals surface area contributed by atoms with Crippen molar-refractivity contribution in [3.05, 3.63) is 53.3 Å². The maximum atomic E-state index is 12.7. The van der Waals surface area contributed by atoms with Gasteiger partial charge < -0.3 is 9.80 Å². The van der Waals surface area contributed by atoms with Gasteiger partial charge in [-0.05, 0) is 23.8 Å². The normalized spacial score (nSPS) is 21.8. The highest BCUT2D eigenvalue weighted by Crippen LogP contribution is 2.33. The predicted molar refractivity (Wildman–Crippen MR) is 102 cm³/mol. The third-order valence-electron chi connectivity index (χ3n) is 5.61. The average Bonchev–Trinajstić information content (AvgIpc) is 3.36. The number of rotatable bonds is 3. The number of anilines is 1. The molecule has 0 aliphatic carbocycles. The van der Waals surface area contributed by atoms with Crippen LogP contribution in [-0.2, 0) is 11.2 Å². The van der Waals surface area contributed by atoms with E-state index in [-0.39, 0.29) is 5.91 Å². The zero-order valence-corrected chi connectivity index (χ0v) is 15.5. The molecule has 0 bridgehead atoms. The fraction of sp³-hybridized carbons (Fsp3) is 0.368. The van der Waals surface area contributed by atoms with E-state index < -0.39 is 0 Å². The van der Waals surface area contributed by atoms with Crippen LogP contribution in [0.2, 0.25) is 5.02 Å². The molecule has 2 atom stereocenters. The standard InChI is InChI=1S/C19H19ClN6O/c20-16-4-2-1-3-13(16)7-19(27)25-10-14-8-24(9-15(14)11-25)18-6-5-17-22-21-12-26(17)23-18/h1-6,12,14-15H,7-11H2. The lowest BCUT2D eigenvalue weighted by Gasteiger charge is -2.22. The van der Waals surface area contributed by atoms with Crippen molar-refractivity contribution in [3.8, 4) is 0 Å². The van der Waals surface area contributed by atoms with Crippen LogP contribution in [-0.4, -0.2) is 56.8 Å². The second kappa shape index (κ2) is 6.49. The SMILES string of the molecule is O=C(Cc1ccccc1Cl)N1CC2CN(c3ccc4nncn4n3)CC2C1. The molecule has 2 aromatic heterocycles. The molecule has 0 N–H and O–H groups in total. The fourth-order valence-corrected chi connectivity index (χ4v) is 4.39. The van der Waals surface area contributed by atoms with Crippen molar-refractivity contribution in [1.29, 1.82) is 0 Å². The molecule has 0 spiro atoms. The molecule has 3 aromatic rings. The molecule has 1 amide bonds. The van der Waals surface area contributed by atoms with Crippen LogP contribution in [0.25, 0.3) is 5.65 Å². The number of carbonyl (C=O) groups excluding carboxylic acids is 1. The third-order valence-corrected chi connectivity index (χ3v) is 5.98. The molecule has 2 saturated heterocycles. The minimum atomic E-state index is 0.160. The zero-order valence-electron chi connectivity index (χ0n) is 14.7. The quantitative estimate of drug-likeness (QED) is 0.692. The summed E-state index contributed by atoms with van der Waals surface area (Å²) in [6.07, 6.45) is 1.99. The van der Waals surface area contributed by atoms with Crippen molar-refractivity contribution in [2.45, 2.75) is 6.42 Å². The Balaban J connectivity index is 1.24. The van der Waals surface area contributed by atoms with E-state index in [2.05, 4.69) is 20.2 Å². The van der Waals surface area contributed by atoms with Crippen LogP contribution in [0.15, 0.2) is 42.7 Å². The molecule has 4 heterocycles. The van der Waals surface area contributed by atoms with E-state index in [1.807, 2.05) is 41.3 Å². The zero-order chi connectivity index (χ0) is 18.4. The van der Waals surface area contributed by atoms with Crippen LogP contribution < -0.4 is 4.90 Å². The number of fused-ring (bicyclic) bond motifs is 2. The Morgan fingerprint density at radius 1 is 1.07 bits per heavy atom. The Labute approximate surface area is 161 Å². The topological polar surface area (TPSA) is 66.6 Å². The number of likely N-dealkylation sites (tertiary alicyclic amines) is 1. The van der Waals surface area contributed by atoms with E-state index in [1.165, 1.54) is 0 Å². The summed E-state index contributed by atoms with van der Waals surface area (Å²) in [7, 11) is 0. The highest BCUT2D eigenvalue weighted by atomic mass is 35.5. The molecule has 0 radical (unpaired) electrons. The minimum absolute atomic E-state index is 0.160. The fourth-order valence-electron chi connectivity index (χ4n) is 4.19. The summed E-state index contributed by atoms with van der Waals surface area (Å²) in [5.41, 5.74) is 1.64. The number of hydrogen-bond donors (Lipinski definition) is 0. The number of hydrogen-bond acceptors (Lipinski definition) is 5. The monoisotopic (exact) mass is 382 g/mol. The second-order valence-electron chi connectivity index (χ2n) is 7.32. The molecule has 27 heavy (non-hydrogen) atoms. The lowest BCUT2D eigenvalue weighted by atomic mass is 10.0. The number of carbonyl (C=O) groups is 1. The number of benzene rings is 1. The van der Waals surface area contributed by atoms with Crippen molar-refractivity contribution < 1.29 is 4.79 Å². The molecule has 7 nitrogen and oxygen atoms in total. The summed E-state index contributed by atoms with van der Waals surface area (Å²) in [5.74, 6) is 2.07. The van der Waals surface area contributed by atoms with E-state index >= 15 is 0 Å². The summed E-state index contributed by atoms with van der Waals surface area (Å²) < 4.78 is 1.70. The van der Waals surface area contributed by atoms with Crippen molar-refractivity contribution in [3.63, 3.8) is 0 Å². The maximum absolute atomic E-state index is 12.7. The molecule has 2 aliphatic rings. The Hall–Kier alpha value is -2.67. The van der Waals surface area contributed by atoms with Gasteiger partial charge in [0.1, 0.15) is 12.1 Å². The first-order valence-electron chi connectivity index (χ1n) is 9.10. The summed E-state index contributed by atoms with van der Waals surface area (Å²) in [6, 6.07) is 11.5. The summed E-state index contributed by atoms with van der Waals surface area (Å²) in [6.45, 7) is 3.45. The smallest absolute Gasteiger partial charge is 0.227 e. The first kappa shape index (κ1) is 16.5. The molecular formula is C19H19ClN6O. The van der Waals surface area contributed by atoms with Gasteiger partial charge in [-0.3, -0.25) is 4.79 Å². The van der Waals surface area contributed by atoms with Gasteiger partial charge in [-0.2, -0.15) is 4.52 Å². The molecule has 2 aliphatic heterocycles. The van der Waals surface area contributed by atoms with Crippen molar-refractivity contribution in [1.82, 2.24) is 24.7 Å². The molecule has 2 unspecified atom stereocenters. The minimum Gasteiger partial charge on any atom is -0.354 e. The van der Waals surface area contributed by atoms with Gasteiger partial charge in [-0.25, -0.2) is 0 Å². The molecule has 2 fully saturated rings. The predicted octanol–water partition coefficient (Wildman–Crippen LogP) is 1.91. The third kappa shape index (κ3) is 3.02. The molecule has 8 heteroatoms. The van der Waals surface area contributed by atoms with Crippen LogP contribution in [0.1, 0.15) is 5.56 Å². The largest absolute Gasteiger partial charge is 0.354 e. The highest BCUT2D eigenvalue weighted by Gasteiger charge is 2.42. The van der Waals surface area contributed by atoms with Crippen LogP contribution in [0.5, 0.6) is 0 Å². The molecule has 1 aromatic carbocycles. The Morgan fingerprint density at radius 3 is 2.63 bits per heavy atom. The van der Waals surface area contributed by atoms with E-state index in [4.69, 9.17) is 11.6 Å². The summed E-state index contributed by atoms with van der Waals surface area (Å²) in [5, 5.41) is 13.1. The van der Waals surface area contributed by atoms with Gasteiger partial charge in [-0.15, -0.1) is 15.3 Å². The number of aromatic nitrogens is 4. The first-order valence-corrected chi connectivity index (χ1v) is 9.48. The number of amides is 1. The van der Waals surface area contributed by atoms with Crippen LogP contribution >= 0.6 is 11.6 Å². The van der Waals surface area contributed by atoms with E-state index in [1.54, 1.807) is 10.8 Å². The highest BCUT2D eigenvalue weighted by molar-refractivity contribution is 6.31. The molecular weight excluding hydrogens is 364 g/mol. The van der Waals surface area contributed by atoms with Crippen LogP contribution in [0, 0.1) is 11.8 Å². The summed E-state index contributed by atoms with van der Waals surface area (Å²) in [4.78, 5) is 17.0. The van der Waals surface area contributed by atoms with E-state index in [0.717, 1.165) is 43.2 Å². The molecule has 0 saturated carbocycles. The Bertz CT molecular complexity index is 991. The van der Waals surface area contributed by atoms with E-state index in [9.17, 15) is 4.79 Å². The van der Waals surface area contributed by atoms with Gasteiger partial charge in [0.05, 0.1) is 6.42 Å². The number of nitrogens with zero attached hydrogens (tertiary/aromatic N) is 6. The molecule has 5 rings (SSSR count). The van der Waals surface area contributed by atoms with Gasteiger partial charge >= 0.3 is 0 Å². The van der Waals surface area contributed by atoms with Gasteiger partial charge in [-0.1, -0.05) is 29.8 Å². The Morgan fingerprint density at radius 2 is 1.85 bits per heavy atom. The second-order valence-corrected chi connectivity index (χ2v) is 7.72.